The molecular weight excluding hydrogens is 403 g/mol. The van der Waals surface area contributed by atoms with Crippen LogP contribution in [0.2, 0.25) is 0 Å². The molecule has 1 fully saturated rings. The Bertz CT molecular complexity index is 919. The molecule has 0 spiro atoms. The number of nitrogens with zero attached hydrogens (tertiary/aromatic N) is 1. The van der Waals surface area contributed by atoms with Gasteiger partial charge in [0.1, 0.15) is 23.9 Å². The predicted octanol–water partition coefficient (Wildman–Crippen LogP) is 2.35. The van der Waals surface area contributed by atoms with Crippen LogP contribution in [0.3, 0.4) is 0 Å². The Hall–Kier alpha value is -3.13. The lowest BCUT2D eigenvalue weighted by molar-refractivity contribution is -0.134. The molecule has 2 aromatic carbocycles. The highest BCUT2D eigenvalue weighted by Crippen LogP contribution is 2.39. The number of benzene rings is 2. The zero-order valence-corrected chi connectivity index (χ0v) is 17.9. The molecule has 8 heteroatoms. The molecule has 0 aliphatic carbocycles. The summed E-state index contributed by atoms with van der Waals surface area (Å²) in [7, 11) is 4.59. The monoisotopic (exact) mass is 430 g/mol. The largest absolute Gasteiger partial charge is 0.497 e. The minimum absolute atomic E-state index is 0.0453. The van der Waals surface area contributed by atoms with E-state index >= 15 is 0 Å². The fraction of sp³-hybridized carbons (Fsp3) is 0.391. The van der Waals surface area contributed by atoms with Crippen molar-refractivity contribution in [1.82, 2.24) is 10.2 Å². The Labute approximate surface area is 181 Å². The van der Waals surface area contributed by atoms with Crippen LogP contribution in [-0.2, 0) is 20.9 Å². The number of hydrogen-bond donors (Lipinski definition) is 1. The molecule has 2 atom stereocenters. The Morgan fingerprint density at radius 1 is 1.06 bits per heavy atom. The Balaban J connectivity index is 1.82. The van der Waals surface area contributed by atoms with E-state index < -0.39 is 5.92 Å². The van der Waals surface area contributed by atoms with Crippen LogP contribution in [-0.4, -0.2) is 57.7 Å². The second kappa shape index (κ2) is 10.3. The van der Waals surface area contributed by atoms with E-state index in [4.69, 9.17) is 14.2 Å². The van der Waals surface area contributed by atoms with E-state index in [0.29, 0.717) is 18.0 Å². The quantitative estimate of drug-likeness (QED) is 0.696. The number of halogens is 1. The van der Waals surface area contributed by atoms with Crippen molar-refractivity contribution in [2.24, 2.45) is 5.92 Å². The number of carbonyl (C=O) groups is 2. The molecule has 2 aromatic rings. The van der Waals surface area contributed by atoms with Crippen molar-refractivity contribution in [3.05, 3.63) is 59.4 Å². The number of ether oxygens (including phenoxy) is 3. The molecule has 0 bridgehead atoms. The average molecular weight is 430 g/mol. The molecule has 1 aliphatic rings. The molecule has 166 valence electrons. The van der Waals surface area contributed by atoms with Gasteiger partial charge in [-0.25, -0.2) is 4.39 Å². The SMILES string of the molecule is COCC(=O)N1CC(C(=O)NCc2ccc(F)cc2)C(c2ccc(OC)cc2OC)C1. The van der Waals surface area contributed by atoms with Gasteiger partial charge in [-0.1, -0.05) is 18.2 Å². The first-order chi connectivity index (χ1) is 15.0. The van der Waals surface area contributed by atoms with E-state index in [1.54, 1.807) is 37.3 Å². The van der Waals surface area contributed by atoms with Crippen LogP contribution in [0.1, 0.15) is 17.0 Å². The van der Waals surface area contributed by atoms with Gasteiger partial charge in [-0.15, -0.1) is 0 Å². The van der Waals surface area contributed by atoms with Crippen LogP contribution in [0.15, 0.2) is 42.5 Å². The van der Waals surface area contributed by atoms with Gasteiger partial charge < -0.3 is 24.4 Å². The van der Waals surface area contributed by atoms with E-state index in [0.717, 1.165) is 11.1 Å². The zero-order chi connectivity index (χ0) is 22.4. The molecule has 1 heterocycles. The smallest absolute Gasteiger partial charge is 0.248 e. The van der Waals surface area contributed by atoms with E-state index in [9.17, 15) is 14.0 Å². The molecule has 0 radical (unpaired) electrons. The molecule has 31 heavy (non-hydrogen) atoms. The van der Waals surface area contributed by atoms with Gasteiger partial charge in [0.25, 0.3) is 0 Å². The van der Waals surface area contributed by atoms with Gasteiger partial charge in [0.2, 0.25) is 11.8 Å². The van der Waals surface area contributed by atoms with Crippen molar-refractivity contribution in [3.63, 3.8) is 0 Å². The fourth-order valence-electron chi connectivity index (χ4n) is 3.85. The summed E-state index contributed by atoms with van der Waals surface area (Å²) < 4.78 is 28.9. The van der Waals surface area contributed by atoms with Crippen molar-refractivity contribution < 1.29 is 28.2 Å². The van der Waals surface area contributed by atoms with Gasteiger partial charge in [0.05, 0.1) is 20.1 Å². The number of methoxy groups -OCH3 is 3. The van der Waals surface area contributed by atoms with Gasteiger partial charge in [-0.3, -0.25) is 9.59 Å². The summed E-state index contributed by atoms with van der Waals surface area (Å²) in [5.41, 5.74) is 1.62. The van der Waals surface area contributed by atoms with Crippen LogP contribution in [0.4, 0.5) is 4.39 Å². The third-order valence-corrected chi connectivity index (χ3v) is 5.50. The lowest BCUT2D eigenvalue weighted by Gasteiger charge is -2.21. The molecular formula is C23H27FN2O5. The second-order valence-electron chi connectivity index (χ2n) is 7.40. The summed E-state index contributed by atoms with van der Waals surface area (Å²) in [6, 6.07) is 11.4. The van der Waals surface area contributed by atoms with Gasteiger partial charge in [-0.05, 0) is 23.8 Å². The molecule has 1 saturated heterocycles. The zero-order valence-electron chi connectivity index (χ0n) is 17.9. The number of rotatable bonds is 8. The first-order valence-corrected chi connectivity index (χ1v) is 9.97. The molecule has 3 rings (SSSR count). The normalized spacial score (nSPS) is 18.0. The van der Waals surface area contributed by atoms with Gasteiger partial charge in [0, 0.05) is 44.3 Å². The first kappa shape index (κ1) is 22.6. The van der Waals surface area contributed by atoms with E-state index in [1.165, 1.54) is 19.2 Å². The number of likely N-dealkylation sites (tertiary alicyclic amines) is 1. The van der Waals surface area contributed by atoms with Crippen LogP contribution in [0, 0.1) is 11.7 Å². The van der Waals surface area contributed by atoms with Crippen molar-refractivity contribution in [3.8, 4) is 11.5 Å². The Morgan fingerprint density at radius 3 is 2.45 bits per heavy atom. The van der Waals surface area contributed by atoms with E-state index in [-0.39, 0.29) is 43.2 Å². The molecule has 2 amide bonds. The Morgan fingerprint density at radius 2 is 1.81 bits per heavy atom. The van der Waals surface area contributed by atoms with Crippen molar-refractivity contribution in [2.75, 3.05) is 41.0 Å². The number of amides is 2. The summed E-state index contributed by atoms with van der Waals surface area (Å²) in [6.45, 7) is 0.876. The first-order valence-electron chi connectivity index (χ1n) is 9.97. The maximum Gasteiger partial charge on any atom is 0.248 e. The highest BCUT2D eigenvalue weighted by Gasteiger charge is 2.41. The standard InChI is InChI=1S/C23H27FN2O5/c1-29-14-22(27)26-12-19(18-9-8-17(30-2)10-21(18)31-3)20(13-26)23(28)25-11-15-4-6-16(24)7-5-15/h4-10,19-20H,11-14H2,1-3H3,(H,25,28). The third kappa shape index (κ3) is 5.32. The third-order valence-electron chi connectivity index (χ3n) is 5.50. The topological polar surface area (TPSA) is 77.1 Å². The maximum atomic E-state index is 13.1. The number of carbonyl (C=O) groups excluding carboxylic acids is 2. The number of nitrogens with one attached hydrogen (secondary N) is 1. The highest BCUT2D eigenvalue weighted by molar-refractivity contribution is 5.84. The minimum atomic E-state index is -0.469. The second-order valence-corrected chi connectivity index (χ2v) is 7.40. The Kier molecular flexibility index (Phi) is 7.46. The molecule has 0 saturated carbocycles. The molecule has 2 unspecified atom stereocenters. The summed E-state index contributed by atoms with van der Waals surface area (Å²) >= 11 is 0. The molecule has 0 aromatic heterocycles. The molecule has 1 N–H and O–H groups in total. The van der Waals surface area contributed by atoms with Crippen LogP contribution in [0.25, 0.3) is 0 Å². The average Bonchev–Trinajstić information content (AvgIpc) is 3.23. The van der Waals surface area contributed by atoms with Gasteiger partial charge in [0.15, 0.2) is 0 Å². The van der Waals surface area contributed by atoms with Crippen LogP contribution in [0.5, 0.6) is 11.5 Å². The predicted molar refractivity (Wildman–Crippen MR) is 112 cm³/mol. The highest BCUT2D eigenvalue weighted by atomic mass is 19.1. The van der Waals surface area contributed by atoms with E-state index in [1.807, 2.05) is 12.1 Å². The summed E-state index contributed by atoms with van der Waals surface area (Å²) in [4.78, 5) is 27.2. The van der Waals surface area contributed by atoms with E-state index in [2.05, 4.69) is 5.32 Å². The number of hydrogen-bond acceptors (Lipinski definition) is 5. The summed E-state index contributed by atoms with van der Waals surface area (Å²) in [5.74, 6) is -0.165. The molecule has 1 aliphatic heterocycles. The van der Waals surface area contributed by atoms with Crippen molar-refractivity contribution in [2.45, 2.75) is 12.5 Å². The van der Waals surface area contributed by atoms with Crippen molar-refractivity contribution in [1.29, 1.82) is 0 Å². The fourth-order valence-corrected chi connectivity index (χ4v) is 3.85. The summed E-state index contributed by atoms with van der Waals surface area (Å²) in [5, 5.41) is 2.92. The van der Waals surface area contributed by atoms with Crippen molar-refractivity contribution >= 4 is 11.8 Å². The molecule has 7 nitrogen and oxygen atoms in total. The summed E-state index contributed by atoms with van der Waals surface area (Å²) in [6.07, 6.45) is 0. The maximum absolute atomic E-state index is 13.1. The van der Waals surface area contributed by atoms with Crippen LogP contribution < -0.4 is 14.8 Å². The lowest BCUT2D eigenvalue weighted by atomic mass is 9.87. The van der Waals surface area contributed by atoms with Gasteiger partial charge >= 0.3 is 0 Å². The van der Waals surface area contributed by atoms with Crippen LogP contribution >= 0.6 is 0 Å². The lowest BCUT2D eigenvalue weighted by Crippen LogP contribution is -2.36. The van der Waals surface area contributed by atoms with Gasteiger partial charge in [-0.2, -0.15) is 0 Å². The minimum Gasteiger partial charge on any atom is -0.497 e.